The monoisotopic (exact) mass is 285 g/mol. The first-order valence-electron chi connectivity index (χ1n) is 6.08. The van der Waals surface area contributed by atoms with Gasteiger partial charge in [-0.2, -0.15) is 0 Å². The quantitative estimate of drug-likeness (QED) is 0.710. The molecule has 1 atom stereocenters. The largest absolute Gasteiger partial charge is 0.495 e. The molecule has 0 saturated carbocycles. The zero-order valence-corrected chi connectivity index (χ0v) is 12.2. The second-order valence-electron chi connectivity index (χ2n) is 4.19. The van der Waals surface area contributed by atoms with Crippen molar-refractivity contribution in [2.75, 3.05) is 32.6 Å². The minimum Gasteiger partial charge on any atom is -0.495 e. The van der Waals surface area contributed by atoms with Crippen LogP contribution in [0.15, 0.2) is 18.2 Å². The average Bonchev–Trinajstić information content (AvgIpc) is 2.42. The Hall–Kier alpha value is -1.46. The molecule has 1 aromatic rings. The van der Waals surface area contributed by atoms with Crippen molar-refractivity contribution in [1.29, 1.82) is 0 Å². The number of methoxy groups -OCH3 is 1. The molecule has 1 amide bonds. The van der Waals surface area contributed by atoms with Crippen molar-refractivity contribution in [2.24, 2.45) is 0 Å². The standard InChI is InChI=1S/C13H20ClN3O2/c1-9(15-2)7-17-13(18)8-16-11-6-10(14)4-5-12(11)19-3/h4-6,9,15-16H,7-8H2,1-3H3,(H,17,18). The van der Waals surface area contributed by atoms with Crippen LogP contribution in [0, 0.1) is 0 Å². The van der Waals surface area contributed by atoms with Crippen LogP contribution in [-0.2, 0) is 4.79 Å². The van der Waals surface area contributed by atoms with Crippen LogP contribution in [0.25, 0.3) is 0 Å². The van der Waals surface area contributed by atoms with Gasteiger partial charge in [0.2, 0.25) is 5.91 Å². The molecule has 1 unspecified atom stereocenters. The number of ether oxygens (including phenoxy) is 1. The molecule has 0 heterocycles. The molecule has 3 N–H and O–H groups in total. The molecule has 1 rings (SSSR count). The lowest BCUT2D eigenvalue weighted by Gasteiger charge is -2.13. The van der Waals surface area contributed by atoms with Gasteiger partial charge in [-0.15, -0.1) is 0 Å². The fraction of sp³-hybridized carbons (Fsp3) is 0.462. The molecular formula is C13H20ClN3O2. The van der Waals surface area contributed by atoms with E-state index in [0.717, 1.165) is 0 Å². The summed E-state index contributed by atoms with van der Waals surface area (Å²) in [5, 5.41) is 9.46. The fourth-order valence-electron chi connectivity index (χ4n) is 1.43. The molecule has 0 bridgehead atoms. The molecule has 0 aliphatic carbocycles. The van der Waals surface area contributed by atoms with Crippen LogP contribution >= 0.6 is 11.6 Å². The molecule has 5 nitrogen and oxygen atoms in total. The van der Waals surface area contributed by atoms with E-state index in [0.29, 0.717) is 23.0 Å². The van der Waals surface area contributed by atoms with Gasteiger partial charge in [-0.3, -0.25) is 4.79 Å². The highest BCUT2D eigenvalue weighted by Crippen LogP contribution is 2.27. The Labute approximate surface area is 118 Å². The van der Waals surface area contributed by atoms with Crippen LogP contribution in [-0.4, -0.2) is 39.2 Å². The normalized spacial score (nSPS) is 11.8. The highest BCUT2D eigenvalue weighted by Gasteiger charge is 2.07. The average molecular weight is 286 g/mol. The fourth-order valence-corrected chi connectivity index (χ4v) is 1.60. The summed E-state index contributed by atoms with van der Waals surface area (Å²) in [5.74, 6) is 0.574. The number of likely N-dealkylation sites (N-methyl/N-ethyl adjacent to an activating group) is 1. The van der Waals surface area contributed by atoms with Crippen molar-refractivity contribution in [3.63, 3.8) is 0 Å². The smallest absolute Gasteiger partial charge is 0.239 e. The van der Waals surface area contributed by atoms with E-state index in [4.69, 9.17) is 16.3 Å². The number of hydrogen-bond acceptors (Lipinski definition) is 4. The Morgan fingerprint density at radius 1 is 1.47 bits per heavy atom. The van der Waals surface area contributed by atoms with Gasteiger partial charge in [-0.05, 0) is 32.2 Å². The summed E-state index contributed by atoms with van der Waals surface area (Å²) in [6, 6.07) is 5.46. The van der Waals surface area contributed by atoms with E-state index in [1.807, 2.05) is 14.0 Å². The lowest BCUT2D eigenvalue weighted by atomic mass is 10.3. The Kier molecular flexibility index (Phi) is 6.45. The van der Waals surface area contributed by atoms with Crippen molar-refractivity contribution in [3.05, 3.63) is 23.2 Å². The molecule has 0 saturated heterocycles. The Morgan fingerprint density at radius 2 is 2.21 bits per heavy atom. The lowest BCUT2D eigenvalue weighted by molar-refractivity contribution is -0.119. The first kappa shape index (κ1) is 15.6. The molecule has 0 aliphatic rings. The number of amides is 1. The van der Waals surface area contributed by atoms with Gasteiger partial charge in [0.1, 0.15) is 5.75 Å². The number of hydrogen-bond donors (Lipinski definition) is 3. The number of nitrogens with one attached hydrogen (secondary N) is 3. The minimum absolute atomic E-state index is 0.0795. The number of anilines is 1. The SMILES string of the molecule is CNC(C)CNC(=O)CNc1cc(Cl)ccc1OC. The zero-order valence-electron chi connectivity index (χ0n) is 11.4. The van der Waals surface area contributed by atoms with E-state index in [1.54, 1.807) is 25.3 Å². The van der Waals surface area contributed by atoms with Gasteiger partial charge in [0.05, 0.1) is 19.3 Å². The summed E-state index contributed by atoms with van der Waals surface area (Å²) in [6.45, 7) is 2.75. The summed E-state index contributed by atoms with van der Waals surface area (Å²) in [5.41, 5.74) is 0.701. The summed E-state index contributed by atoms with van der Waals surface area (Å²) in [6.07, 6.45) is 0. The van der Waals surface area contributed by atoms with Crippen molar-refractivity contribution in [3.8, 4) is 5.75 Å². The van der Waals surface area contributed by atoms with Crippen LogP contribution < -0.4 is 20.7 Å². The number of carbonyl (C=O) groups is 1. The predicted molar refractivity (Wildman–Crippen MR) is 78.0 cm³/mol. The maximum absolute atomic E-state index is 11.6. The second-order valence-corrected chi connectivity index (χ2v) is 4.63. The van der Waals surface area contributed by atoms with Gasteiger partial charge in [0.25, 0.3) is 0 Å². The summed E-state index contributed by atoms with van der Waals surface area (Å²) >= 11 is 5.91. The van der Waals surface area contributed by atoms with Gasteiger partial charge in [0, 0.05) is 17.6 Å². The third-order valence-electron chi connectivity index (χ3n) is 2.70. The van der Waals surface area contributed by atoms with Gasteiger partial charge in [-0.25, -0.2) is 0 Å². The van der Waals surface area contributed by atoms with Crippen LogP contribution in [0.1, 0.15) is 6.92 Å². The third-order valence-corrected chi connectivity index (χ3v) is 2.93. The van der Waals surface area contributed by atoms with Crippen LogP contribution in [0.4, 0.5) is 5.69 Å². The van der Waals surface area contributed by atoms with Gasteiger partial charge >= 0.3 is 0 Å². The van der Waals surface area contributed by atoms with E-state index in [1.165, 1.54) is 0 Å². The van der Waals surface area contributed by atoms with E-state index in [2.05, 4.69) is 16.0 Å². The molecule has 0 aromatic heterocycles. The zero-order chi connectivity index (χ0) is 14.3. The topological polar surface area (TPSA) is 62.4 Å². The third kappa shape index (κ3) is 5.36. The number of benzene rings is 1. The van der Waals surface area contributed by atoms with Gasteiger partial charge in [-0.1, -0.05) is 11.6 Å². The summed E-state index contributed by atoms with van der Waals surface area (Å²) in [7, 11) is 3.43. The lowest BCUT2D eigenvalue weighted by Crippen LogP contribution is -2.39. The molecule has 106 valence electrons. The highest BCUT2D eigenvalue weighted by atomic mass is 35.5. The molecule has 0 aliphatic heterocycles. The number of rotatable bonds is 7. The van der Waals surface area contributed by atoms with Crippen LogP contribution in [0.3, 0.4) is 0 Å². The Morgan fingerprint density at radius 3 is 2.84 bits per heavy atom. The summed E-state index contributed by atoms with van der Waals surface area (Å²) < 4.78 is 5.19. The molecule has 19 heavy (non-hydrogen) atoms. The molecule has 0 spiro atoms. The van der Waals surface area contributed by atoms with Gasteiger partial charge < -0.3 is 20.7 Å². The Balaban J connectivity index is 2.47. The predicted octanol–water partition coefficient (Wildman–Crippen LogP) is 1.48. The van der Waals surface area contributed by atoms with Crippen LogP contribution in [0.2, 0.25) is 5.02 Å². The Bertz CT molecular complexity index is 426. The van der Waals surface area contributed by atoms with E-state index >= 15 is 0 Å². The minimum atomic E-state index is -0.0795. The van der Waals surface area contributed by atoms with E-state index in [-0.39, 0.29) is 18.5 Å². The summed E-state index contributed by atoms with van der Waals surface area (Å²) in [4.78, 5) is 11.6. The van der Waals surface area contributed by atoms with Crippen molar-refractivity contribution in [2.45, 2.75) is 13.0 Å². The maximum Gasteiger partial charge on any atom is 0.239 e. The first-order valence-corrected chi connectivity index (χ1v) is 6.46. The van der Waals surface area contributed by atoms with E-state index < -0.39 is 0 Å². The van der Waals surface area contributed by atoms with Crippen molar-refractivity contribution >= 4 is 23.2 Å². The molecule has 1 aromatic carbocycles. The van der Waals surface area contributed by atoms with Gasteiger partial charge in [0.15, 0.2) is 0 Å². The first-order chi connectivity index (χ1) is 9.06. The van der Waals surface area contributed by atoms with Crippen molar-refractivity contribution < 1.29 is 9.53 Å². The number of halogens is 1. The molecule has 0 radical (unpaired) electrons. The van der Waals surface area contributed by atoms with Crippen molar-refractivity contribution in [1.82, 2.24) is 10.6 Å². The molecular weight excluding hydrogens is 266 g/mol. The molecule has 6 heteroatoms. The number of carbonyl (C=O) groups excluding carboxylic acids is 1. The second kappa shape index (κ2) is 7.86. The highest BCUT2D eigenvalue weighted by molar-refractivity contribution is 6.30. The maximum atomic E-state index is 11.6. The molecule has 0 fully saturated rings. The van der Waals surface area contributed by atoms with Crippen LogP contribution in [0.5, 0.6) is 5.75 Å². The van der Waals surface area contributed by atoms with E-state index in [9.17, 15) is 4.79 Å².